The Hall–Kier alpha value is -2.74. The number of aliphatic hydroxyl groups excluding tert-OH is 1. The van der Waals surface area contributed by atoms with E-state index in [0.29, 0.717) is 12.1 Å². The molecule has 130 valence electrons. The van der Waals surface area contributed by atoms with E-state index in [4.69, 9.17) is 4.74 Å². The Kier molecular flexibility index (Phi) is 4.19. The van der Waals surface area contributed by atoms with Crippen LogP contribution in [-0.4, -0.2) is 48.9 Å². The van der Waals surface area contributed by atoms with Crippen LogP contribution in [-0.2, 0) is 0 Å². The van der Waals surface area contributed by atoms with Crippen LogP contribution in [0.4, 0.5) is 5.82 Å². The van der Waals surface area contributed by atoms with Crippen LogP contribution in [0.25, 0.3) is 16.9 Å². The average molecular weight is 340 g/mol. The molecule has 1 fully saturated rings. The minimum Gasteiger partial charge on any atom is -0.467 e. The van der Waals surface area contributed by atoms with Gasteiger partial charge < -0.3 is 15.2 Å². The molecule has 0 atom stereocenters. The maximum absolute atomic E-state index is 9.63. The molecule has 3 aromatic rings. The van der Waals surface area contributed by atoms with Crippen LogP contribution >= 0.6 is 0 Å². The van der Waals surface area contributed by atoms with E-state index in [-0.39, 0.29) is 6.10 Å². The SMILES string of the molecule is COc1ncc(-c2cnc3ccc(N[C@H]4CC[C@H](O)CC4)nn23)cn1. The lowest BCUT2D eigenvalue weighted by atomic mass is 9.93. The van der Waals surface area contributed by atoms with Gasteiger partial charge in [-0.2, -0.15) is 0 Å². The number of hydrogen-bond donors (Lipinski definition) is 2. The minimum atomic E-state index is -0.163. The second-order valence-corrected chi connectivity index (χ2v) is 6.24. The second kappa shape index (κ2) is 6.64. The van der Waals surface area contributed by atoms with E-state index in [1.54, 1.807) is 23.1 Å². The lowest BCUT2D eigenvalue weighted by Gasteiger charge is -2.26. The highest BCUT2D eigenvalue weighted by atomic mass is 16.5. The number of imidazole rings is 1. The highest BCUT2D eigenvalue weighted by Gasteiger charge is 2.19. The first-order valence-electron chi connectivity index (χ1n) is 8.39. The van der Waals surface area contributed by atoms with Crippen molar-refractivity contribution in [1.82, 2.24) is 24.6 Å². The molecule has 2 N–H and O–H groups in total. The summed E-state index contributed by atoms with van der Waals surface area (Å²) in [6.45, 7) is 0. The van der Waals surface area contributed by atoms with Crippen LogP contribution in [0.2, 0.25) is 0 Å². The van der Waals surface area contributed by atoms with E-state index in [0.717, 1.165) is 48.4 Å². The Balaban J connectivity index is 1.60. The summed E-state index contributed by atoms with van der Waals surface area (Å²) >= 11 is 0. The minimum absolute atomic E-state index is 0.163. The molecule has 1 aliphatic carbocycles. The summed E-state index contributed by atoms with van der Waals surface area (Å²) in [6.07, 6.45) is 8.55. The molecule has 0 aromatic carbocycles. The van der Waals surface area contributed by atoms with Gasteiger partial charge in [-0.25, -0.2) is 19.5 Å². The molecule has 0 saturated heterocycles. The Morgan fingerprint density at radius 1 is 1.08 bits per heavy atom. The normalized spacial score (nSPS) is 20.6. The molecular weight excluding hydrogens is 320 g/mol. The molecule has 4 rings (SSSR count). The van der Waals surface area contributed by atoms with Gasteiger partial charge in [0, 0.05) is 24.0 Å². The van der Waals surface area contributed by atoms with E-state index in [1.807, 2.05) is 12.1 Å². The Labute approximate surface area is 144 Å². The molecule has 0 aliphatic heterocycles. The summed E-state index contributed by atoms with van der Waals surface area (Å²) in [5.41, 5.74) is 2.40. The van der Waals surface area contributed by atoms with Gasteiger partial charge in [-0.05, 0) is 37.8 Å². The third-order valence-electron chi connectivity index (χ3n) is 4.52. The predicted octanol–water partition coefficient (Wildman–Crippen LogP) is 1.91. The highest BCUT2D eigenvalue weighted by Crippen LogP contribution is 2.23. The number of rotatable bonds is 4. The van der Waals surface area contributed by atoms with Crippen molar-refractivity contribution in [3.05, 3.63) is 30.7 Å². The fourth-order valence-electron chi connectivity index (χ4n) is 3.13. The van der Waals surface area contributed by atoms with Gasteiger partial charge in [0.25, 0.3) is 0 Å². The molecule has 0 spiro atoms. The number of methoxy groups -OCH3 is 1. The van der Waals surface area contributed by atoms with Crippen LogP contribution in [0.5, 0.6) is 6.01 Å². The van der Waals surface area contributed by atoms with Crippen molar-refractivity contribution in [1.29, 1.82) is 0 Å². The van der Waals surface area contributed by atoms with Crippen LogP contribution in [0.3, 0.4) is 0 Å². The van der Waals surface area contributed by atoms with Gasteiger partial charge in [-0.3, -0.25) is 0 Å². The molecule has 3 heterocycles. The zero-order chi connectivity index (χ0) is 17.2. The van der Waals surface area contributed by atoms with Crippen LogP contribution < -0.4 is 10.1 Å². The number of hydrogen-bond acceptors (Lipinski definition) is 7. The van der Waals surface area contributed by atoms with Crippen LogP contribution in [0, 0.1) is 0 Å². The number of aromatic nitrogens is 5. The summed E-state index contributed by atoms with van der Waals surface area (Å²) in [7, 11) is 1.53. The number of nitrogens with zero attached hydrogens (tertiary/aromatic N) is 5. The van der Waals surface area contributed by atoms with Crippen molar-refractivity contribution in [3.8, 4) is 17.3 Å². The number of anilines is 1. The Bertz CT molecular complexity index is 855. The molecule has 8 heteroatoms. The third-order valence-corrected chi connectivity index (χ3v) is 4.52. The number of nitrogens with one attached hydrogen (secondary N) is 1. The Morgan fingerprint density at radius 3 is 2.56 bits per heavy atom. The van der Waals surface area contributed by atoms with E-state index >= 15 is 0 Å². The number of aliphatic hydroxyl groups is 1. The van der Waals surface area contributed by atoms with Gasteiger partial charge >= 0.3 is 6.01 Å². The van der Waals surface area contributed by atoms with Gasteiger partial charge in [0.15, 0.2) is 5.65 Å². The summed E-state index contributed by atoms with van der Waals surface area (Å²) in [6, 6.07) is 4.53. The molecule has 0 bridgehead atoms. The highest BCUT2D eigenvalue weighted by molar-refractivity contribution is 5.62. The molecular formula is C17H20N6O2. The van der Waals surface area contributed by atoms with Gasteiger partial charge in [-0.15, -0.1) is 5.10 Å². The summed E-state index contributed by atoms with van der Waals surface area (Å²) in [4.78, 5) is 12.7. The molecule has 0 unspecified atom stereocenters. The molecule has 0 amide bonds. The van der Waals surface area contributed by atoms with Crippen LogP contribution in [0.1, 0.15) is 25.7 Å². The molecule has 25 heavy (non-hydrogen) atoms. The first kappa shape index (κ1) is 15.8. The molecule has 1 saturated carbocycles. The smallest absolute Gasteiger partial charge is 0.316 e. The number of fused-ring (bicyclic) bond motifs is 1. The van der Waals surface area contributed by atoms with Gasteiger partial charge in [0.2, 0.25) is 0 Å². The quantitative estimate of drug-likeness (QED) is 0.748. The van der Waals surface area contributed by atoms with Crippen molar-refractivity contribution in [2.75, 3.05) is 12.4 Å². The molecule has 3 aromatic heterocycles. The van der Waals surface area contributed by atoms with E-state index < -0.39 is 0 Å². The predicted molar refractivity (Wildman–Crippen MR) is 92.5 cm³/mol. The van der Waals surface area contributed by atoms with Crippen molar-refractivity contribution >= 4 is 11.5 Å². The summed E-state index contributed by atoms with van der Waals surface area (Å²) in [5.74, 6) is 0.794. The van der Waals surface area contributed by atoms with E-state index in [9.17, 15) is 5.11 Å². The van der Waals surface area contributed by atoms with Crippen molar-refractivity contribution in [3.63, 3.8) is 0 Å². The first-order chi connectivity index (χ1) is 12.2. The molecule has 8 nitrogen and oxygen atoms in total. The van der Waals surface area contributed by atoms with Gasteiger partial charge in [-0.1, -0.05) is 0 Å². The third kappa shape index (κ3) is 3.25. The zero-order valence-corrected chi connectivity index (χ0v) is 14.0. The Morgan fingerprint density at radius 2 is 1.84 bits per heavy atom. The molecule has 0 radical (unpaired) electrons. The van der Waals surface area contributed by atoms with E-state index in [2.05, 4.69) is 25.4 Å². The topological polar surface area (TPSA) is 97.5 Å². The van der Waals surface area contributed by atoms with Gasteiger partial charge in [0.05, 0.1) is 25.1 Å². The zero-order valence-electron chi connectivity index (χ0n) is 14.0. The van der Waals surface area contributed by atoms with Crippen molar-refractivity contribution in [2.45, 2.75) is 37.8 Å². The van der Waals surface area contributed by atoms with Gasteiger partial charge in [0.1, 0.15) is 5.82 Å². The fourth-order valence-corrected chi connectivity index (χ4v) is 3.13. The summed E-state index contributed by atoms with van der Waals surface area (Å²) in [5, 5.41) is 17.7. The monoisotopic (exact) mass is 340 g/mol. The lowest BCUT2D eigenvalue weighted by Crippen LogP contribution is -2.28. The number of ether oxygens (including phenoxy) is 1. The second-order valence-electron chi connectivity index (χ2n) is 6.24. The van der Waals surface area contributed by atoms with Crippen molar-refractivity contribution < 1.29 is 9.84 Å². The van der Waals surface area contributed by atoms with Crippen molar-refractivity contribution in [2.24, 2.45) is 0 Å². The first-order valence-corrected chi connectivity index (χ1v) is 8.39. The largest absolute Gasteiger partial charge is 0.467 e. The van der Waals surface area contributed by atoms with Crippen LogP contribution in [0.15, 0.2) is 30.7 Å². The maximum Gasteiger partial charge on any atom is 0.316 e. The fraction of sp³-hybridized carbons (Fsp3) is 0.412. The molecule has 1 aliphatic rings. The standard InChI is InChI=1S/C17H20N6O2/c1-25-17-19-8-11(9-20-17)14-10-18-16-7-6-15(22-23(14)16)21-12-2-4-13(24)5-3-12/h6-10,12-13,24H,2-5H2,1H3,(H,21,22)/t12-,13-. The summed E-state index contributed by atoms with van der Waals surface area (Å²) < 4.78 is 6.78. The lowest BCUT2D eigenvalue weighted by molar-refractivity contribution is 0.126. The average Bonchev–Trinajstić information content (AvgIpc) is 3.07. The maximum atomic E-state index is 9.63. The van der Waals surface area contributed by atoms with E-state index in [1.165, 1.54) is 7.11 Å².